The maximum absolute atomic E-state index is 14.2. The molecule has 0 bridgehead atoms. The fourth-order valence-electron chi connectivity index (χ4n) is 7.76. The van der Waals surface area contributed by atoms with Gasteiger partial charge in [-0.1, -0.05) is 37.0 Å². The van der Waals surface area contributed by atoms with E-state index in [9.17, 15) is 33.9 Å². The molecule has 0 unspecified atom stereocenters. The maximum atomic E-state index is 14.2. The second-order valence-electron chi connectivity index (χ2n) is 15.7. The number of esters is 6. The minimum Gasteiger partial charge on any atom is -0.466 e. The smallest absolute Gasteiger partial charge is 0.342 e. The Morgan fingerprint density at radius 3 is 2.38 bits per heavy atom. The highest BCUT2D eigenvalue weighted by atomic mass is 16.7. The molecule has 0 aromatic rings. The van der Waals surface area contributed by atoms with Gasteiger partial charge in [-0.3, -0.25) is 0 Å². The Bertz CT molecular complexity index is 1860. The minimum absolute atomic E-state index is 0.0158. The predicted molar refractivity (Wildman–Crippen MR) is 204 cm³/mol. The molecule has 0 radical (unpaired) electrons. The number of carbonyl (C=O) groups excluding carboxylic acids is 6. The van der Waals surface area contributed by atoms with Crippen molar-refractivity contribution in [3.63, 3.8) is 0 Å². The van der Waals surface area contributed by atoms with Crippen molar-refractivity contribution in [2.24, 2.45) is 11.8 Å². The molecule has 5 aliphatic rings. The maximum Gasteiger partial charge on any atom is 0.342 e. The van der Waals surface area contributed by atoms with Gasteiger partial charge in [0.05, 0.1) is 30.1 Å². The van der Waals surface area contributed by atoms with E-state index in [-0.39, 0.29) is 35.3 Å². The summed E-state index contributed by atoms with van der Waals surface area (Å²) < 4.78 is 46.2. The number of fused-ring (bicyclic) bond motifs is 4. The monoisotopic (exact) mass is 810 g/mol. The lowest BCUT2D eigenvalue weighted by Crippen LogP contribution is -2.54. The van der Waals surface area contributed by atoms with Gasteiger partial charge in [0.1, 0.15) is 42.7 Å². The highest BCUT2D eigenvalue weighted by Gasteiger charge is 2.65. The van der Waals surface area contributed by atoms with Gasteiger partial charge in [-0.15, -0.1) is 0 Å². The van der Waals surface area contributed by atoms with Crippen LogP contribution in [0, 0.1) is 11.8 Å². The third kappa shape index (κ3) is 8.91. The van der Waals surface area contributed by atoms with Crippen molar-refractivity contribution in [2.75, 3.05) is 13.7 Å². The van der Waals surface area contributed by atoms with Crippen LogP contribution in [0.2, 0.25) is 0 Å². The average molecular weight is 811 g/mol. The van der Waals surface area contributed by atoms with Crippen LogP contribution in [0.5, 0.6) is 0 Å². The van der Waals surface area contributed by atoms with E-state index in [1.54, 1.807) is 45.1 Å². The van der Waals surface area contributed by atoms with Gasteiger partial charge in [-0.05, 0) is 80.2 Å². The van der Waals surface area contributed by atoms with Crippen LogP contribution in [-0.4, -0.2) is 109 Å². The van der Waals surface area contributed by atoms with Crippen LogP contribution < -0.4 is 0 Å². The number of carbonyl (C=O) groups is 6. The Labute approximate surface area is 338 Å². The molecule has 58 heavy (non-hydrogen) atoms. The number of rotatable bonds is 10. The van der Waals surface area contributed by atoms with Crippen LogP contribution in [0.1, 0.15) is 80.6 Å². The molecule has 3 fully saturated rings. The molecule has 0 spiro atoms. The highest BCUT2D eigenvalue weighted by Crippen LogP contribution is 2.51. The molecule has 3 aliphatic heterocycles. The van der Waals surface area contributed by atoms with E-state index in [0.29, 0.717) is 31.3 Å². The van der Waals surface area contributed by atoms with E-state index < -0.39 is 102 Å². The zero-order valence-electron chi connectivity index (χ0n) is 34.3. The highest BCUT2D eigenvalue weighted by molar-refractivity contribution is 5.94. The van der Waals surface area contributed by atoms with E-state index in [1.165, 1.54) is 14.0 Å². The second kappa shape index (κ2) is 17.6. The van der Waals surface area contributed by atoms with Crippen LogP contribution in [0.25, 0.3) is 0 Å². The Morgan fingerprint density at radius 2 is 1.72 bits per heavy atom. The van der Waals surface area contributed by atoms with Gasteiger partial charge in [0.15, 0.2) is 5.60 Å². The number of ether oxygens (including phenoxy) is 8. The van der Waals surface area contributed by atoms with Gasteiger partial charge >= 0.3 is 35.8 Å². The van der Waals surface area contributed by atoms with Crippen LogP contribution in [-0.2, 0) is 66.7 Å². The zero-order chi connectivity index (χ0) is 42.9. The average Bonchev–Trinajstić information content (AvgIpc) is 3.65. The van der Waals surface area contributed by atoms with Gasteiger partial charge in [0.2, 0.25) is 0 Å². The molecule has 15 heteroatoms. The summed E-state index contributed by atoms with van der Waals surface area (Å²) in [6, 6.07) is 0. The van der Waals surface area contributed by atoms with Gasteiger partial charge in [-0.25, -0.2) is 28.8 Å². The Balaban J connectivity index is 1.44. The molecular formula is C43H54O15. The summed E-state index contributed by atoms with van der Waals surface area (Å²) in [7, 11) is 1.19. The Morgan fingerprint density at radius 1 is 1.05 bits per heavy atom. The first kappa shape index (κ1) is 44.2. The number of hydrogen-bond acceptors (Lipinski definition) is 15. The summed E-state index contributed by atoms with van der Waals surface area (Å²) in [5, 5.41) is 11.8. The van der Waals surface area contributed by atoms with Crippen LogP contribution in [0.15, 0.2) is 70.9 Å². The number of methoxy groups -OCH3 is 1. The van der Waals surface area contributed by atoms with Gasteiger partial charge in [0, 0.05) is 35.3 Å². The first-order chi connectivity index (χ1) is 27.3. The molecular weight excluding hydrogens is 756 g/mol. The van der Waals surface area contributed by atoms with Crippen molar-refractivity contribution < 1.29 is 71.8 Å². The van der Waals surface area contributed by atoms with Crippen molar-refractivity contribution >= 4 is 35.8 Å². The van der Waals surface area contributed by atoms with Crippen molar-refractivity contribution in [3.05, 3.63) is 70.9 Å². The summed E-state index contributed by atoms with van der Waals surface area (Å²) in [6.45, 7) is 18.8. The summed E-state index contributed by atoms with van der Waals surface area (Å²) in [5.41, 5.74) is -2.01. The topological polar surface area (TPSA) is 200 Å². The number of allylic oxidation sites excluding steroid dienone is 4. The SMILES string of the molecule is C=C1C(=O)O[C@H]2[C@H]1[C@H](OC(=O)[C@](C)(O)[C@H](C)OC(=O)/C1=C/CC/C(C)=C/[C@H]3OC(=O)C(=C)[C@@H]3[C@H](OC(=O)/C(C)=C\C)C1)[C@@H](OCC)/C(C(=O)OC)=C\CC[C@]1(C)O[C@@H]21. The molecule has 2 aliphatic carbocycles. The molecule has 0 saturated carbocycles. The molecule has 0 aromatic heterocycles. The summed E-state index contributed by atoms with van der Waals surface area (Å²) in [4.78, 5) is 80.3. The first-order valence-corrected chi connectivity index (χ1v) is 19.5. The lowest BCUT2D eigenvalue weighted by Gasteiger charge is -2.36. The van der Waals surface area contributed by atoms with E-state index >= 15 is 0 Å². The zero-order valence-corrected chi connectivity index (χ0v) is 34.3. The number of epoxide rings is 1. The molecule has 0 aromatic carbocycles. The van der Waals surface area contributed by atoms with Crippen molar-refractivity contribution in [3.8, 4) is 0 Å². The van der Waals surface area contributed by atoms with E-state index in [0.717, 1.165) is 12.5 Å². The fraction of sp³-hybridized carbons (Fsp3) is 0.581. The van der Waals surface area contributed by atoms with E-state index in [1.807, 2.05) is 13.8 Å². The molecule has 3 saturated heterocycles. The van der Waals surface area contributed by atoms with E-state index in [4.69, 9.17) is 37.9 Å². The van der Waals surface area contributed by atoms with Crippen LogP contribution in [0.4, 0.5) is 0 Å². The third-order valence-electron chi connectivity index (χ3n) is 11.7. The third-order valence-corrected chi connectivity index (χ3v) is 11.7. The van der Waals surface area contributed by atoms with Crippen molar-refractivity contribution in [1.82, 2.24) is 0 Å². The Hall–Kier alpha value is -4.86. The number of aliphatic hydroxyl groups is 1. The standard InChI is InChI=1S/C43H54O15/c1-11-22(4)36(44)54-29-20-26(16-13-15-21(3)19-28-30(29)23(5)37(45)55-28)39(47)53-25(7)43(9,50)41(49)57-33-31-24(6)38(46)56-34(31)35-42(8,58-35)18-14-17-27(40(48)51-10)32(33)52-12-2/h11,16-17,19,25,28-35,50H,5-6,12-15,18,20H2,1-4,7-10H3/b21-19+,22-11-,26-16+,27-17+/t25-,28+,29+,30-,31+,32-,33-,34-,35-,42-,43+/m0/s1. The lowest BCUT2D eigenvalue weighted by molar-refractivity contribution is -0.195. The van der Waals surface area contributed by atoms with Gasteiger partial charge in [-0.2, -0.15) is 0 Å². The van der Waals surface area contributed by atoms with Gasteiger partial charge in [0.25, 0.3) is 0 Å². The Kier molecular flexibility index (Phi) is 13.4. The predicted octanol–water partition coefficient (Wildman–Crippen LogP) is 4.17. The van der Waals surface area contributed by atoms with Crippen LogP contribution >= 0.6 is 0 Å². The summed E-state index contributed by atoms with van der Waals surface area (Å²) >= 11 is 0. The molecule has 15 nitrogen and oxygen atoms in total. The fourth-order valence-corrected chi connectivity index (χ4v) is 7.76. The van der Waals surface area contributed by atoms with Crippen molar-refractivity contribution in [2.45, 2.75) is 135 Å². The molecule has 5 rings (SSSR count). The largest absolute Gasteiger partial charge is 0.466 e. The quantitative estimate of drug-likeness (QED) is 0.108. The van der Waals surface area contributed by atoms with Gasteiger partial charge < -0.3 is 43.0 Å². The number of hydrogen-bond donors (Lipinski definition) is 1. The van der Waals surface area contributed by atoms with Crippen LogP contribution in [0.3, 0.4) is 0 Å². The first-order valence-electron chi connectivity index (χ1n) is 19.5. The normalized spacial score (nSPS) is 35.5. The molecule has 0 amide bonds. The second-order valence-corrected chi connectivity index (χ2v) is 15.7. The lowest BCUT2D eigenvalue weighted by atomic mass is 9.80. The summed E-state index contributed by atoms with van der Waals surface area (Å²) in [5.74, 6) is -6.96. The van der Waals surface area contributed by atoms with Crippen molar-refractivity contribution in [1.29, 1.82) is 0 Å². The molecule has 316 valence electrons. The molecule has 3 heterocycles. The minimum atomic E-state index is -2.53. The summed E-state index contributed by atoms with van der Waals surface area (Å²) in [6.07, 6.45) is 0.212. The molecule has 11 atom stereocenters. The van der Waals surface area contributed by atoms with E-state index in [2.05, 4.69) is 13.2 Å². The molecule has 1 N–H and O–H groups in total.